The predicted octanol–water partition coefficient (Wildman–Crippen LogP) is 2.17. The lowest BCUT2D eigenvalue weighted by Gasteiger charge is -2.11. The molecule has 0 aliphatic heterocycles. The summed E-state index contributed by atoms with van der Waals surface area (Å²) in [7, 11) is 1.97. The first kappa shape index (κ1) is 12.2. The van der Waals surface area contributed by atoms with E-state index in [-0.39, 0.29) is 5.91 Å². The molecule has 4 nitrogen and oxygen atoms in total. The van der Waals surface area contributed by atoms with Crippen LogP contribution in [0, 0.1) is 0 Å². The zero-order valence-corrected chi connectivity index (χ0v) is 11.2. The van der Waals surface area contributed by atoms with Crippen LogP contribution in [0.4, 0.5) is 0 Å². The van der Waals surface area contributed by atoms with Crippen molar-refractivity contribution in [2.24, 2.45) is 7.05 Å². The third-order valence-electron chi connectivity index (χ3n) is 3.87. The number of carbonyl (C=O) groups is 1. The van der Waals surface area contributed by atoms with Gasteiger partial charge in [-0.05, 0) is 30.5 Å². The fourth-order valence-electron chi connectivity index (χ4n) is 2.83. The molecule has 1 N–H and O–H groups in total. The molecule has 1 fully saturated rings. The van der Waals surface area contributed by atoms with E-state index >= 15 is 0 Å². The molecule has 0 saturated heterocycles. The summed E-state index contributed by atoms with van der Waals surface area (Å²) in [6.45, 7) is 0. The van der Waals surface area contributed by atoms with Crippen molar-refractivity contribution in [3.8, 4) is 0 Å². The SMILES string of the molecule is Cn1cnc2cc(CC(=O)NC3CCCC3)ccc21. The van der Waals surface area contributed by atoms with E-state index in [1.807, 2.05) is 29.8 Å². The Labute approximate surface area is 112 Å². The van der Waals surface area contributed by atoms with Gasteiger partial charge in [-0.15, -0.1) is 0 Å². The summed E-state index contributed by atoms with van der Waals surface area (Å²) in [5.74, 6) is 0.127. The van der Waals surface area contributed by atoms with Crippen molar-refractivity contribution in [1.82, 2.24) is 14.9 Å². The highest BCUT2D eigenvalue weighted by molar-refractivity contribution is 5.82. The molecule has 1 aliphatic rings. The number of aryl methyl sites for hydroxylation is 1. The van der Waals surface area contributed by atoms with Crippen molar-refractivity contribution in [2.45, 2.75) is 38.1 Å². The van der Waals surface area contributed by atoms with Gasteiger partial charge in [-0.25, -0.2) is 4.98 Å². The summed E-state index contributed by atoms with van der Waals surface area (Å²) >= 11 is 0. The van der Waals surface area contributed by atoms with Crippen LogP contribution in [0.2, 0.25) is 0 Å². The largest absolute Gasteiger partial charge is 0.353 e. The molecule has 0 unspecified atom stereocenters. The van der Waals surface area contributed by atoms with Gasteiger partial charge in [0, 0.05) is 13.1 Å². The molecule has 3 rings (SSSR count). The summed E-state index contributed by atoms with van der Waals surface area (Å²) in [5, 5.41) is 3.12. The van der Waals surface area contributed by atoms with E-state index in [9.17, 15) is 4.79 Å². The number of hydrogen-bond acceptors (Lipinski definition) is 2. The number of amides is 1. The first-order chi connectivity index (χ1) is 9.22. The van der Waals surface area contributed by atoms with E-state index in [0.717, 1.165) is 29.4 Å². The van der Waals surface area contributed by atoms with Gasteiger partial charge in [0.25, 0.3) is 0 Å². The van der Waals surface area contributed by atoms with Crippen molar-refractivity contribution in [2.75, 3.05) is 0 Å². The number of rotatable bonds is 3. The number of hydrogen-bond donors (Lipinski definition) is 1. The number of imidazole rings is 1. The summed E-state index contributed by atoms with van der Waals surface area (Å²) < 4.78 is 1.98. The van der Waals surface area contributed by atoms with Gasteiger partial charge in [0.05, 0.1) is 23.8 Å². The van der Waals surface area contributed by atoms with Gasteiger partial charge in [-0.2, -0.15) is 0 Å². The van der Waals surface area contributed by atoms with Crippen LogP contribution in [0.5, 0.6) is 0 Å². The minimum atomic E-state index is 0.127. The third-order valence-corrected chi connectivity index (χ3v) is 3.87. The number of fused-ring (bicyclic) bond motifs is 1. The zero-order valence-electron chi connectivity index (χ0n) is 11.2. The second kappa shape index (κ2) is 5.03. The Hall–Kier alpha value is -1.84. The maximum Gasteiger partial charge on any atom is 0.224 e. The van der Waals surface area contributed by atoms with E-state index in [2.05, 4.69) is 10.3 Å². The number of nitrogens with one attached hydrogen (secondary N) is 1. The van der Waals surface area contributed by atoms with Crippen molar-refractivity contribution >= 4 is 16.9 Å². The lowest BCUT2D eigenvalue weighted by Crippen LogP contribution is -2.33. The molecule has 2 aromatic rings. The average Bonchev–Trinajstić information content (AvgIpc) is 3.00. The monoisotopic (exact) mass is 257 g/mol. The van der Waals surface area contributed by atoms with Crippen LogP contribution in [0.15, 0.2) is 24.5 Å². The molecule has 1 saturated carbocycles. The van der Waals surface area contributed by atoms with Gasteiger partial charge in [0.15, 0.2) is 0 Å². The first-order valence-electron chi connectivity index (χ1n) is 6.92. The predicted molar refractivity (Wildman–Crippen MR) is 74.8 cm³/mol. The molecule has 19 heavy (non-hydrogen) atoms. The second-order valence-electron chi connectivity index (χ2n) is 5.40. The average molecular weight is 257 g/mol. The fourth-order valence-corrected chi connectivity index (χ4v) is 2.83. The molecule has 1 aromatic carbocycles. The van der Waals surface area contributed by atoms with Crippen LogP contribution in [0.25, 0.3) is 11.0 Å². The smallest absolute Gasteiger partial charge is 0.224 e. The highest BCUT2D eigenvalue weighted by Crippen LogP contribution is 2.18. The van der Waals surface area contributed by atoms with Gasteiger partial charge in [-0.1, -0.05) is 18.9 Å². The van der Waals surface area contributed by atoms with E-state index in [1.54, 1.807) is 6.33 Å². The van der Waals surface area contributed by atoms with Gasteiger partial charge in [0.2, 0.25) is 5.91 Å². The van der Waals surface area contributed by atoms with Crippen molar-refractivity contribution in [3.05, 3.63) is 30.1 Å². The Bertz CT molecular complexity index is 596. The molecule has 0 atom stereocenters. The van der Waals surface area contributed by atoms with Crippen LogP contribution < -0.4 is 5.32 Å². The minimum absolute atomic E-state index is 0.127. The lowest BCUT2D eigenvalue weighted by molar-refractivity contribution is -0.121. The Morgan fingerprint density at radius 2 is 2.21 bits per heavy atom. The Morgan fingerprint density at radius 3 is 3.00 bits per heavy atom. The molecule has 1 heterocycles. The Balaban J connectivity index is 1.68. The van der Waals surface area contributed by atoms with Gasteiger partial charge < -0.3 is 9.88 Å². The standard InChI is InChI=1S/C15H19N3O/c1-18-10-16-13-8-11(6-7-14(13)18)9-15(19)17-12-4-2-3-5-12/h6-8,10,12H,2-5,9H2,1H3,(H,17,19). The maximum absolute atomic E-state index is 12.0. The Morgan fingerprint density at radius 1 is 1.42 bits per heavy atom. The number of benzene rings is 1. The maximum atomic E-state index is 12.0. The molecular weight excluding hydrogens is 238 g/mol. The number of aromatic nitrogens is 2. The van der Waals surface area contributed by atoms with Crippen molar-refractivity contribution < 1.29 is 4.79 Å². The minimum Gasteiger partial charge on any atom is -0.353 e. The summed E-state index contributed by atoms with van der Waals surface area (Å²) in [6, 6.07) is 6.44. The first-order valence-corrected chi connectivity index (χ1v) is 6.92. The van der Waals surface area contributed by atoms with Gasteiger partial charge >= 0.3 is 0 Å². The van der Waals surface area contributed by atoms with E-state index in [1.165, 1.54) is 12.8 Å². The zero-order chi connectivity index (χ0) is 13.2. The van der Waals surface area contributed by atoms with Crippen LogP contribution in [-0.4, -0.2) is 21.5 Å². The summed E-state index contributed by atoms with van der Waals surface area (Å²) in [4.78, 5) is 16.3. The molecular formula is C15H19N3O. The molecule has 0 radical (unpaired) electrons. The lowest BCUT2D eigenvalue weighted by atomic mass is 10.1. The molecule has 1 aliphatic carbocycles. The molecule has 1 amide bonds. The fraction of sp³-hybridized carbons (Fsp3) is 0.467. The normalized spacial score (nSPS) is 16.1. The van der Waals surface area contributed by atoms with E-state index in [0.29, 0.717) is 12.5 Å². The van der Waals surface area contributed by atoms with Crippen molar-refractivity contribution in [3.63, 3.8) is 0 Å². The Kier molecular flexibility index (Phi) is 3.23. The topological polar surface area (TPSA) is 46.9 Å². The van der Waals surface area contributed by atoms with Crippen LogP contribution in [0.3, 0.4) is 0 Å². The third kappa shape index (κ3) is 2.62. The summed E-state index contributed by atoms with van der Waals surface area (Å²) in [6.07, 6.45) is 6.99. The van der Waals surface area contributed by atoms with E-state index in [4.69, 9.17) is 0 Å². The summed E-state index contributed by atoms with van der Waals surface area (Å²) in [5.41, 5.74) is 3.08. The van der Waals surface area contributed by atoms with Crippen molar-refractivity contribution in [1.29, 1.82) is 0 Å². The molecule has 0 bridgehead atoms. The highest BCUT2D eigenvalue weighted by atomic mass is 16.1. The molecule has 0 spiro atoms. The molecule has 1 aromatic heterocycles. The molecule has 4 heteroatoms. The van der Waals surface area contributed by atoms with Crippen LogP contribution in [-0.2, 0) is 18.3 Å². The highest BCUT2D eigenvalue weighted by Gasteiger charge is 2.17. The van der Waals surface area contributed by atoms with Crippen LogP contribution >= 0.6 is 0 Å². The number of carbonyl (C=O) groups excluding carboxylic acids is 1. The van der Waals surface area contributed by atoms with Gasteiger partial charge in [-0.3, -0.25) is 4.79 Å². The number of nitrogens with zero attached hydrogens (tertiary/aromatic N) is 2. The van der Waals surface area contributed by atoms with E-state index < -0.39 is 0 Å². The molecule has 100 valence electrons. The second-order valence-corrected chi connectivity index (χ2v) is 5.40. The van der Waals surface area contributed by atoms with Crippen LogP contribution in [0.1, 0.15) is 31.2 Å². The quantitative estimate of drug-likeness (QED) is 0.916. The van der Waals surface area contributed by atoms with Gasteiger partial charge in [0.1, 0.15) is 0 Å².